The van der Waals surface area contributed by atoms with Crippen molar-refractivity contribution >= 4 is 22.4 Å². The van der Waals surface area contributed by atoms with E-state index < -0.39 is 11.7 Å². The number of anilines is 1. The smallest absolute Gasteiger partial charge is 0.257 e. The summed E-state index contributed by atoms with van der Waals surface area (Å²) < 4.78 is 14.9. The predicted molar refractivity (Wildman–Crippen MR) is 119 cm³/mol. The van der Waals surface area contributed by atoms with Gasteiger partial charge in [-0.3, -0.25) is 19.9 Å². The minimum atomic E-state index is -0.441. The van der Waals surface area contributed by atoms with E-state index in [0.29, 0.717) is 23.1 Å². The molecule has 1 amide bonds. The SMILES string of the molecule is Cc1cc(C)cc(Cn2ccc(C(=O)Nc3nc(-c4cc(F)ccn4)cs3)cc2=O)c1. The fourth-order valence-electron chi connectivity index (χ4n) is 3.30. The molecule has 0 atom stereocenters. The highest BCUT2D eigenvalue weighted by atomic mass is 32.1. The number of amides is 1. The van der Waals surface area contributed by atoms with Gasteiger partial charge in [0, 0.05) is 35.5 Å². The van der Waals surface area contributed by atoms with Gasteiger partial charge in [0.15, 0.2) is 5.13 Å². The second-order valence-corrected chi connectivity index (χ2v) is 8.09. The average molecular weight is 434 g/mol. The Morgan fingerprint density at radius 3 is 2.58 bits per heavy atom. The van der Waals surface area contributed by atoms with Crippen LogP contribution in [0, 0.1) is 19.7 Å². The Morgan fingerprint density at radius 2 is 1.87 bits per heavy atom. The van der Waals surface area contributed by atoms with Crippen LogP contribution in [-0.2, 0) is 6.54 Å². The molecule has 4 rings (SSSR count). The minimum Gasteiger partial charge on any atom is -0.311 e. The first kappa shape index (κ1) is 20.6. The van der Waals surface area contributed by atoms with Gasteiger partial charge in [0.25, 0.3) is 11.5 Å². The maximum Gasteiger partial charge on any atom is 0.257 e. The summed E-state index contributed by atoms with van der Waals surface area (Å²) in [6.07, 6.45) is 2.97. The molecule has 3 heterocycles. The number of aryl methyl sites for hydroxylation is 2. The Balaban J connectivity index is 1.48. The van der Waals surface area contributed by atoms with Gasteiger partial charge in [0.1, 0.15) is 11.5 Å². The fourth-order valence-corrected chi connectivity index (χ4v) is 4.00. The van der Waals surface area contributed by atoms with Crippen molar-refractivity contribution in [2.45, 2.75) is 20.4 Å². The fraction of sp³-hybridized carbons (Fsp3) is 0.130. The van der Waals surface area contributed by atoms with Crippen LogP contribution in [0.5, 0.6) is 0 Å². The number of halogens is 1. The molecule has 0 aliphatic carbocycles. The summed E-state index contributed by atoms with van der Waals surface area (Å²) in [5.41, 5.74) is 4.11. The van der Waals surface area contributed by atoms with Crippen LogP contribution in [0.15, 0.2) is 65.0 Å². The van der Waals surface area contributed by atoms with Crippen LogP contribution < -0.4 is 10.9 Å². The monoisotopic (exact) mass is 434 g/mol. The molecule has 0 unspecified atom stereocenters. The zero-order chi connectivity index (χ0) is 22.0. The molecular formula is C23H19FN4O2S. The summed E-state index contributed by atoms with van der Waals surface area (Å²) in [7, 11) is 0. The lowest BCUT2D eigenvalue weighted by atomic mass is 10.1. The van der Waals surface area contributed by atoms with Gasteiger partial charge in [-0.2, -0.15) is 0 Å². The third-order valence-corrected chi connectivity index (χ3v) is 5.36. The van der Waals surface area contributed by atoms with Crippen LogP contribution in [0.1, 0.15) is 27.0 Å². The summed E-state index contributed by atoms with van der Waals surface area (Å²) in [4.78, 5) is 33.4. The van der Waals surface area contributed by atoms with Gasteiger partial charge in [-0.05, 0) is 31.5 Å². The molecule has 0 bridgehead atoms. The van der Waals surface area contributed by atoms with E-state index in [9.17, 15) is 14.0 Å². The first-order chi connectivity index (χ1) is 14.9. The van der Waals surface area contributed by atoms with E-state index in [-0.39, 0.29) is 11.1 Å². The van der Waals surface area contributed by atoms with Crippen molar-refractivity contribution in [1.82, 2.24) is 14.5 Å². The number of rotatable bonds is 5. The molecule has 0 aliphatic heterocycles. The van der Waals surface area contributed by atoms with E-state index in [1.54, 1.807) is 22.2 Å². The highest BCUT2D eigenvalue weighted by Gasteiger charge is 2.12. The number of nitrogens with one attached hydrogen (secondary N) is 1. The molecule has 1 aromatic carbocycles. The molecule has 0 spiro atoms. The maximum absolute atomic E-state index is 13.4. The van der Waals surface area contributed by atoms with Gasteiger partial charge in [-0.1, -0.05) is 29.3 Å². The predicted octanol–water partition coefficient (Wildman–Crippen LogP) is 4.42. The van der Waals surface area contributed by atoms with Gasteiger partial charge >= 0.3 is 0 Å². The van der Waals surface area contributed by atoms with Gasteiger partial charge in [-0.15, -0.1) is 11.3 Å². The van der Waals surface area contributed by atoms with Crippen molar-refractivity contribution < 1.29 is 9.18 Å². The van der Waals surface area contributed by atoms with Crippen LogP contribution >= 0.6 is 11.3 Å². The minimum absolute atomic E-state index is 0.238. The van der Waals surface area contributed by atoms with Crippen molar-refractivity contribution in [3.05, 3.63) is 98.7 Å². The summed E-state index contributed by atoms with van der Waals surface area (Å²) in [6.45, 7) is 4.46. The lowest BCUT2D eigenvalue weighted by Crippen LogP contribution is -2.22. The molecule has 6 nitrogen and oxygen atoms in total. The van der Waals surface area contributed by atoms with E-state index >= 15 is 0 Å². The van der Waals surface area contributed by atoms with E-state index in [1.807, 2.05) is 26.0 Å². The molecule has 0 radical (unpaired) electrons. The molecule has 4 aromatic rings. The Morgan fingerprint density at radius 1 is 1.10 bits per heavy atom. The summed E-state index contributed by atoms with van der Waals surface area (Å²) in [5, 5.41) is 4.69. The van der Waals surface area contributed by atoms with Crippen molar-refractivity contribution in [3.8, 4) is 11.4 Å². The van der Waals surface area contributed by atoms with Crippen molar-refractivity contribution in [1.29, 1.82) is 0 Å². The molecule has 31 heavy (non-hydrogen) atoms. The van der Waals surface area contributed by atoms with E-state index in [0.717, 1.165) is 16.7 Å². The van der Waals surface area contributed by atoms with Gasteiger partial charge < -0.3 is 4.57 Å². The van der Waals surface area contributed by atoms with E-state index in [4.69, 9.17) is 0 Å². The molecule has 0 aliphatic rings. The molecule has 8 heteroatoms. The first-order valence-corrected chi connectivity index (χ1v) is 10.4. The highest BCUT2D eigenvalue weighted by Crippen LogP contribution is 2.24. The first-order valence-electron chi connectivity index (χ1n) is 9.54. The van der Waals surface area contributed by atoms with Crippen LogP contribution in [0.25, 0.3) is 11.4 Å². The maximum atomic E-state index is 13.4. The number of nitrogens with zero attached hydrogens (tertiary/aromatic N) is 3. The second-order valence-electron chi connectivity index (χ2n) is 7.23. The lowest BCUT2D eigenvalue weighted by Gasteiger charge is -2.09. The van der Waals surface area contributed by atoms with E-state index in [2.05, 4.69) is 21.4 Å². The quantitative estimate of drug-likeness (QED) is 0.504. The number of hydrogen-bond acceptors (Lipinski definition) is 5. The number of thiazole rings is 1. The Kier molecular flexibility index (Phi) is 5.73. The summed E-state index contributed by atoms with van der Waals surface area (Å²) in [5.74, 6) is -0.853. The van der Waals surface area contributed by atoms with Crippen molar-refractivity contribution in [3.63, 3.8) is 0 Å². The van der Waals surface area contributed by atoms with Crippen LogP contribution in [0.4, 0.5) is 9.52 Å². The van der Waals surface area contributed by atoms with Gasteiger partial charge in [0.2, 0.25) is 0 Å². The standard InChI is InChI=1S/C23H19FN4O2S/c1-14-7-15(2)9-16(8-14)12-28-6-4-17(10-21(28)29)22(30)27-23-26-20(13-31-23)19-11-18(24)3-5-25-19/h3-11,13H,12H2,1-2H3,(H,26,27,30). The van der Waals surface area contributed by atoms with Crippen LogP contribution in [-0.4, -0.2) is 20.4 Å². The number of pyridine rings is 2. The third kappa shape index (κ3) is 4.92. The summed E-state index contributed by atoms with van der Waals surface area (Å²) in [6, 6.07) is 11.6. The van der Waals surface area contributed by atoms with Crippen molar-refractivity contribution in [2.24, 2.45) is 0 Å². The second kappa shape index (κ2) is 8.61. The van der Waals surface area contributed by atoms with Crippen LogP contribution in [0.2, 0.25) is 0 Å². The zero-order valence-electron chi connectivity index (χ0n) is 16.9. The normalized spacial score (nSPS) is 10.8. The molecule has 0 saturated heterocycles. The van der Waals surface area contributed by atoms with Gasteiger partial charge in [0.05, 0.1) is 12.2 Å². The molecule has 1 N–H and O–H groups in total. The number of hydrogen-bond donors (Lipinski definition) is 1. The Labute approximate surface area is 182 Å². The lowest BCUT2D eigenvalue weighted by molar-refractivity contribution is 0.102. The number of carbonyl (C=O) groups is 1. The zero-order valence-corrected chi connectivity index (χ0v) is 17.7. The molecule has 0 fully saturated rings. The molecule has 3 aromatic heterocycles. The third-order valence-electron chi connectivity index (χ3n) is 4.60. The number of aromatic nitrogens is 3. The van der Waals surface area contributed by atoms with E-state index in [1.165, 1.54) is 35.7 Å². The largest absolute Gasteiger partial charge is 0.311 e. The summed E-state index contributed by atoms with van der Waals surface area (Å²) >= 11 is 1.20. The van der Waals surface area contributed by atoms with Crippen molar-refractivity contribution in [2.75, 3.05) is 5.32 Å². The van der Waals surface area contributed by atoms with Crippen LogP contribution in [0.3, 0.4) is 0 Å². The van der Waals surface area contributed by atoms with Gasteiger partial charge in [-0.25, -0.2) is 9.37 Å². The Bertz CT molecular complexity index is 1310. The highest BCUT2D eigenvalue weighted by molar-refractivity contribution is 7.14. The number of benzene rings is 1. The average Bonchev–Trinajstić information content (AvgIpc) is 3.17. The topological polar surface area (TPSA) is 76.9 Å². The molecule has 0 saturated carbocycles. The Hall–Kier alpha value is -3.65. The molecular weight excluding hydrogens is 415 g/mol. The molecule has 156 valence electrons. The number of carbonyl (C=O) groups excluding carboxylic acids is 1.